The summed E-state index contributed by atoms with van der Waals surface area (Å²) < 4.78 is 4.52. The number of benzene rings is 1. The summed E-state index contributed by atoms with van der Waals surface area (Å²) >= 11 is 1.18. The maximum atomic E-state index is 10.7. The van der Waals surface area contributed by atoms with Crippen LogP contribution in [0.25, 0.3) is 10.4 Å². The minimum absolute atomic E-state index is 0.206. The predicted octanol–water partition coefficient (Wildman–Crippen LogP) is 3.17. The smallest absolute Gasteiger partial charge is 0.478 e. The molecular weight excluding hydrogens is 256 g/mol. The molecule has 0 saturated carbocycles. The summed E-state index contributed by atoms with van der Waals surface area (Å²) in [5.74, 6) is -0.984. The molecule has 0 amide bonds. The molecule has 2 rings (SSSR count). The van der Waals surface area contributed by atoms with Crippen molar-refractivity contribution in [1.29, 1.82) is 0 Å². The second-order valence-corrected chi connectivity index (χ2v) is 4.42. The Hall–Kier alpha value is -2.34. The van der Waals surface area contributed by atoms with Gasteiger partial charge >= 0.3 is 12.1 Å². The monoisotopic (exact) mass is 264 g/mol. The number of carboxylic acid groups (broad SMARTS) is 2. The predicted molar refractivity (Wildman–Crippen MR) is 65.4 cm³/mol. The van der Waals surface area contributed by atoms with Crippen molar-refractivity contribution in [2.45, 2.75) is 0 Å². The van der Waals surface area contributed by atoms with E-state index in [1.807, 2.05) is 0 Å². The molecule has 0 aliphatic rings. The van der Waals surface area contributed by atoms with Crippen molar-refractivity contribution in [3.8, 4) is 15.5 Å². The van der Waals surface area contributed by atoms with Crippen LogP contribution in [0.3, 0.4) is 0 Å². The summed E-state index contributed by atoms with van der Waals surface area (Å²) in [6, 6.07) is 9.60. The molecule has 1 aromatic heterocycles. The van der Waals surface area contributed by atoms with Crippen molar-refractivity contribution in [3.63, 3.8) is 0 Å². The highest BCUT2D eigenvalue weighted by atomic mass is 32.1. The van der Waals surface area contributed by atoms with Gasteiger partial charge in [-0.05, 0) is 29.8 Å². The molecular formula is C12H8O5S. The van der Waals surface area contributed by atoms with E-state index in [4.69, 9.17) is 10.2 Å². The van der Waals surface area contributed by atoms with Gasteiger partial charge in [0, 0.05) is 4.88 Å². The second kappa shape index (κ2) is 4.89. The van der Waals surface area contributed by atoms with Gasteiger partial charge in [-0.3, -0.25) is 0 Å². The molecule has 92 valence electrons. The van der Waals surface area contributed by atoms with Crippen LogP contribution in [0.4, 0.5) is 4.79 Å². The molecule has 0 bridgehead atoms. The van der Waals surface area contributed by atoms with Crippen molar-refractivity contribution in [2.24, 2.45) is 0 Å². The zero-order valence-corrected chi connectivity index (χ0v) is 9.81. The fourth-order valence-corrected chi connectivity index (χ4v) is 2.25. The van der Waals surface area contributed by atoms with Gasteiger partial charge in [-0.15, -0.1) is 0 Å². The van der Waals surface area contributed by atoms with Crippen molar-refractivity contribution in [3.05, 3.63) is 42.0 Å². The zero-order valence-electron chi connectivity index (χ0n) is 8.99. The number of hydrogen-bond acceptors (Lipinski definition) is 4. The molecule has 18 heavy (non-hydrogen) atoms. The van der Waals surface area contributed by atoms with Crippen LogP contribution in [0.1, 0.15) is 10.4 Å². The molecule has 2 N–H and O–H groups in total. The summed E-state index contributed by atoms with van der Waals surface area (Å²) in [5.41, 5.74) is 1.02. The van der Waals surface area contributed by atoms with Crippen molar-refractivity contribution in [2.75, 3.05) is 0 Å². The first kappa shape index (κ1) is 12.1. The Bertz CT molecular complexity index is 585. The van der Waals surface area contributed by atoms with E-state index in [-0.39, 0.29) is 10.6 Å². The number of thiophene rings is 1. The Balaban J connectivity index is 2.23. The molecule has 0 saturated heterocycles. The Labute approximate surface area is 106 Å². The number of carbonyl (C=O) groups is 2. The minimum atomic E-state index is -1.36. The second-order valence-electron chi connectivity index (χ2n) is 3.37. The molecule has 2 aromatic rings. The molecule has 0 aliphatic carbocycles. The molecule has 0 unspecified atom stereocenters. The van der Waals surface area contributed by atoms with Gasteiger partial charge in [0.05, 0.1) is 5.56 Å². The van der Waals surface area contributed by atoms with Crippen molar-refractivity contribution in [1.82, 2.24) is 0 Å². The Morgan fingerprint density at radius 3 is 2.22 bits per heavy atom. The van der Waals surface area contributed by atoms with Gasteiger partial charge in [0.25, 0.3) is 0 Å². The van der Waals surface area contributed by atoms with Crippen LogP contribution in [0, 0.1) is 0 Å². The lowest BCUT2D eigenvalue weighted by Gasteiger charge is -1.98. The fraction of sp³-hybridized carbons (Fsp3) is 0. The average Bonchev–Trinajstić information content (AvgIpc) is 2.76. The highest BCUT2D eigenvalue weighted by Gasteiger charge is 2.08. The van der Waals surface area contributed by atoms with Crippen LogP contribution in [-0.4, -0.2) is 22.3 Å². The average molecular weight is 264 g/mol. The maximum absolute atomic E-state index is 10.7. The summed E-state index contributed by atoms with van der Waals surface area (Å²) in [5, 5.41) is 17.5. The minimum Gasteiger partial charge on any atom is -0.478 e. The first-order valence-electron chi connectivity index (χ1n) is 4.90. The van der Waals surface area contributed by atoms with Gasteiger partial charge in [0.15, 0.2) is 5.06 Å². The van der Waals surface area contributed by atoms with Gasteiger partial charge in [-0.2, -0.15) is 0 Å². The lowest BCUT2D eigenvalue weighted by atomic mass is 10.1. The molecule has 1 heterocycles. The van der Waals surface area contributed by atoms with Crippen molar-refractivity contribution >= 4 is 23.5 Å². The molecule has 1 aromatic carbocycles. The Kier molecular flexibility index (Phi) is 3.29. The summed E-state index contributed by atoms with van der Waals surface area (Å²) in [7, 11) is 0. The van der Waals surface area contributed by atoms with Crippen LogP contribution >= 0.6 is 11.3 Å². The lowest BCUT2D eigenvalue weighted by molar-refractivity contribution is 0.0696. The van der Waals surface area contributed by atoms with E-state index in [9.17, 15) is 9.59 Å². The van der Waals surface area contributed by atoms with Crippen LogP contribution in [0.5, 0.6) is 5.06 Å². The van der Waals surface area contributed by atoms with E-state index in [1.165, 1.54) is 23.5 Å². The number of ether oxygens (including phenoxy) is 1. The third kappa shape index (κ3) is 2.67. The highest BCUT2D eigenvalue weighted by molar-refractivity contribution is 7.17. The molecule has 0 radical (unpaired) electrons. The summed E-state index contributed by atoms with van der Waals surface area (Å²) in [6.45, 7) is 0. The number of aromatic carboxylic acids is 1. The van der Waals surface area contributed by atoms with Crippen LogP contribution in [-0.2, 0) is 0 Å². The third-order valence-corrected chi connectivity index (χ3v) is 3.20. The quantitative estimate of drug-likeness (QED) is 0.832. The van der Waals surface area contributed by atoms with E-state index >= 15 is 0 Å². The van der Waals surface area contributed by atoms with Crippen LogP contribution in [0.15, 0.2) is 36.4 Å². The van der Waals surface area contributed by atoms with Crippen molar-refractivity contribution < 1.29 is 24.5 Å². The molecule has 0 atom stereocenters. The van der Waals surface area contributed by atoms with Gasteiger partial charge in [-0.25, -0.2) is 9.59 Å². The first-order chi connectivity index (χ1) is 8.56. The lowest BCUT2D eigenvalue weighted by Crippen LogP contribution is -2.00. The first-order valence-corrected chi connectivity index (χ1v) is 5.72. The zero-order chi connectivity index (χ0) is 13.1. The summed E-state index contributed by atoms with van der Waals surface area (Å²) in [6.07, 6.45) is -1.36. The van der Waals surface area contributed by atoms with E-state index in [0.29, 0.717) is 0 Å². The van der Waals surface area contributed by atoms with Crippen LogP contribution < -0.4 is 4.74 Å². The molecule has 6 heteroatoms. The topological polar surface area (TPSA) is 83.8 Å². The van der Waals surface area contributed by atoms with E-state index in [0.717, 1.165) is 10.4 Å². The van der Waals surface area contributed by atoms with Gasteiger partial charge in [0.1, 0.15) is 0 Å². The third-order valence-electron chi connectivity index (χ3n) is 2.19. The van der Waals surface area contributed by atoms with E-state index < -0.39 is 12.1 Å². The number of hydrogen-bond donors (Lipinski definition) is 2. The van der Waals surface area contributed by atoms with E-state index in [2.05, 4.69) is 4.74 Å². The highest BCUT2D eigenvalue weighted by Crippen LogP contribution is 2.33. The Morgan fingerprint density at radius 1 is 1.00 bits per heavy atom. The van der Waals surface area contributed by atoms with Gasteiger partial charge < -0.3 is 14.9 Å². The maximum Gasteiger partial charge on any atom is 0.512 e. The Morgan fingerprint density at radius 2 is 1.67 bits per heavy atom. The standard InChI is InChI=1S/C12H8O5S/c13-11(14)8-3-1-7(2-4-8)9-5-6-10(18-9)17-12(15)16/h1-6H,(H,13,14)(H,15,16). The molecule has 0 aliphatic heterocycles. The molecule has 5 nitrogen and oxygen atoms in total. The number of carboxylic acids is 1. The fourth-order valence-electron chi connectivity index (χ4n) is 1.39. The van der Waals surface area contributed by atoms with Gasteiger partial charge in [0.2, 0.25) is 0 Å². The van der Waals surface area contributed by atoms with Crippen LogP contribution in [0.2, 0.25) is 0 Å². The van der Waals surface area contributed by atoms with Gasteiger partial charge in [-0.1, -0.05) is 23.5 Å². The van der Waals surface area contributed by atoms with E-state index in [1.54, 1.807) is 24.3 Å². The normalized spacial score (nSPS) is 10.0. The largest absolute Gasteiger partial charge is 0.512 e. The summed E-state index contributed by atoms with van der Waals surface area (Å²) in [4.78, 5) is 21.9. The number of rotatable bonds is 3. The SMILES string of the molecule is O=C(O)Oc1ccc(-c2ccc(C(=O)O)cc2)s1. The molecule has 0 fully saturated rings. The molecule has 0 spiro atoms.